The number of rotatable bonds is 3. The normalized spacial score (nSPS) is 25.5. The third-order valence-electron chi connectivity index (χ3n) is 4.47. The zero-order valence-electron chi connectivity index (χ0n) is 11.5. The third-order valence-corrected chi connectivity index (χ3v) is 4.47. The third kappa shape index (κ3) is 2.39. The molecule has 1 saturated carbocycles. The van der Waals surface area contributed by atoms with E-state index in [1.165, 1.54) is 12.5 Å². The summed E-state index contributed by atoms with van der Waals surface area (Å²) in [5, 5.41) is 2.90. The molecular formula is C15H19F3N2. The number of anilines is 1. The van der Waals surface area contributed by atoms with Crippen LogP contribution in [0.4, 0.5) is 18.9 Å². The molecule has 2 aliphatic rings. The standard InChI is InChI=1S/C15H19F3N2/c1-19-8-10-3-5-14(13(7-10)15(16,17)18)20-9-11-2-4-12(20)6-11/h3,5,7,11-12,19H,2,4,6,8-9H2,1H3. The second-order valence-corrected chi connectivity index (χ2v) is 5.86. The maximum atomic E-state index is 13.3. The highest BCUT2D eigenvalue weighted by molar-refractivity contribution is 5.58. The van der Waals surface area contributed by atoms with Crippen molar-refractivity contribution in [1.29, 1.82) is 0 Å². The van der Waals surface area contributed by atoms with Crippen LogP contribution in [0.25, 0.3) is 0 Å². The summed E-state index contributed by atoms with van der Waals surface area (Å²) in [5.41, 5.74) is 0.551. The average molecular weight is 284 g/mol. The minimum atomic E-state index is -4.29. The van der Waals surface area contributed by atoms with Gasteiger partial charge in [-0.05, 0) is 49.9 Å². The van der Waals surface area contributed by atoms with Crippen molar-refractivity contribution in [3.63, 3.8) is 0 Å². The monoisotopic (exact) mass is 284 g/mol. The molecule has 2 nitrogen and oxygen atoms in total. The van der Waals surface area contributed by atoms with Gasteiger partial charge in [0.1, 0.15) is 0 Å². The highest BCUT2D eigenvalue weighted by Crippen LogP contribution is 2.45. The molecule has 1 aliphatic carbocycles. The Hall–Kier alpha value is -1.23. The van der Waals surface area contributed by atoms with Gasteiger partial charge >= 0.3 is 6.18 Å². The van der Waals surface area contributed by atoms with E-state index in [2.05, 4.69) is 5.32 Å². The predicted molar refractivity (Wildman–Crippen MR) is 72.7 cm³/mol. The van der Waals surface area contributed by atoms with E-state index in [-0.39, 0.29) is 0 Å². The molecule has 1 heterocycles. The molecule has 110 valence electrons. The molecule has 3 rings (SSSR count). The number of benzene rings is 1. The number of hydrogen-bond acceptors (Lipinski definition) is 2. The number of hydrogen-bond donors (Lipinski definition) is 1. The largest absolute Gasteiger partial charge is 0.418 e. The van der Waals surface area contributed by atoms with Gasteiger partial charge in [-0.2, -0.15) is 13.2 Å². The van der Waals surface area contributed by atoms with E-state index >= 15 is 0 Å². The van der Waals surface area contributed by atoms with E-state index in [1.54, 1.807) is 19.2 Å². The summed E-state index contributed by atoms with van der Waals surface area (Å²) in [6.07, 6.45) is -1.04. The quantitative estimate of drug-likeness (QED) is 0.915. The van der Waals surface area contributed by atoms with Crippen molar-refractivity contribution < 1.29 is 13.2 Å². The lowest BCUT2D eigenvalue weighted by atomic mass is 10.0. The van der Waals surface area contributed by atoms with Gasteiger partial charge < -0.3 is 10.2 Å². The Morgan fingerprint density at radius 2 is 2.10 bits per heavy atom. The first-order valence-electron chi connectivity index (χ1n) is 7.10. The van der Waals surface area contributed by atoms with E-state index in [0.29, 0.717) is 29.8 Å². The van der Waals surface area contributed by atoms with Crippen LogP contribution in [-0.2, 0) is 12.7 Å². The zero-order chi connectivity index (χ0) is 14.3. The number of halogens is 3. The van der Waals surface area contributed by atoms with Gasteiger partial charge in [0.05, 0.1) is 5.56 Å². The first-order valence-corrected chi connectivity index (χ1v) is 7.10. The number of piperidine rings is 1. The number of nitrogens with zero attached hydrogens (tertiary/aromatic N) is 1. The van der Waals surface area contributed by atoms with E-state index in [1.807, 2.05) is 4.90 Å². The van der Waals surface area contributed by atoms with Gasteiger partial charge in [0, 0.05) is 24.8 Å². The Bertz CT molecular complexity index is 498. The summed E-state index contributed by atoms with van der Waals surface area (Å²) < 4.78 is 40.0. The SMILES string of the molecule is CNCc1ccc(N2CC3CCC2C3)c(C(F)(F)F)c1. The highest BCUT2D eigenvalue weighted by Gasteiger charge is 2.42. The van der Waals surface area contributed by atoms with Crippen LogP contribution in [0.1, 0.15) is 30.4 Å². The molecule has 1 N–H and O–H groups in total. The fourth-order valence-electron chi connectivity index (χ4n) is 3.59. The molecule has 1 aromatic rings. The molecule has 0 spiro atoms. The van der Waals surface area contributed by atoms with Crippen molar-refractivity contribution in [3.05, 3.63) is 29.3 Å². The predicted octanol–water partition coefficient (Wildman–Crippen LogP) is 3.41. The Morgan fingerprint density at radius 3 is 2.65 bits per heavy atom. The second-order valence-electron chi connectivity index (χ2n) is 5.86. The van der Waals surface area contributed by atoms with Gasteiger partial charge in [-0.15, -0.1) is 0 Å². The van der Waals surface area contributed by atoms with Gasteiger partial charge in [0.25, 0.3) is 0 Å². The smallest absolute Gasteiger partial charge is 0.368 e. The molecule has 0 aromatic heterocycles. The van der Waals surface area contributed by atoms with Crippen LogP contribution in [-0.4, -0.2) is 19.6 Å². The van der Waals surface area contributed by atoms with E-state index < -0.39 is 11.7 Å². The Labute approximate surface area is 117 Å². The van der Waals surface area contributed by atoms with Crippen LogP contribution in [0.5, 0.6) is 0 Å². The van der Waals surface area contributed by atoms with Gasteiger partial charge in [-0.25, -0.2) is 0 Å². The van der Waals surface area contributed by atoms with Crippen LogP contribution in [0.15, 0.2) is 18.2 Å². The Balaban J connectivity index is 1.97. The van der Waals surface area contributed by atoms with Crippen LogP contribution in [0, 0.1) is 5.92 Å². The molecule has 0 radical (unpaired) electrons. The molecule has 20 heavy (non-hydrogen) atoms. The molecule has 1 saturated heterocycles. The highest BCUT2D eigenvalue weighted by atomic mass is 19.4. The van der Waals surface area contributed by atoms with Crippen LogP contribution in [0.2, 0.25) is 0 Å². The summed E-state index contributed by atoms with van der Waals surface area (Å²) >= 11 is 0. The average Bonchev–Trinajstić information content (AvgIpc) is 3.00. The lowest BCUT2D eigenvalue weighted by Crippen LogP contribution is -2.33. The molecule has 0 amide bonds. The zero-order valence-corrected chi connectivity index (χ0v) is 11.5. The van der Waals surface area contributed by atoms with Crippen molar-refractivity contribution in [2.24, 2.45) is 5.92 Å². The molecule has 2 atom stereocenters. The first kappa shape index (κ1) is 13.7. The van der Waals surface area contributed by atoms with Gasteiger partial charge in [0.2, 0.25) is 0 Å². The fraction of sp³-hybridized carbons (Fsp3) is 0.600. The molecule has 2 bridgehead atoms. The minimum Gasteiger partial charge on any atom is -0.368 e. The first-order chi connectivity index (χ1) is 9.49. The van der Waals surface area contributed by atoms with Crippen LogP contribution < -0.4 is 10.2 Å². The maximum absolute atomic E-state index is 13.3. The Morgan fingerprint density at radius 1 is 1.30 bits per heavy atom. The number of nitrogens with one attached hydrogen (secondary N) is 1. The molecule has 1 aliphatic heterocycles. The summed E-state index contributed by atoms with van der Waals surface area (Å²) in [6.45, 7) is 1.23. The fourth-order valence-corrected chi connectivity index (χ4v) is 3.59. The molecule has 2 unspecified atom stereocenters. The van der Waals surface area contributed by atoms with Crippen LogP contribution >= 0.6 is 0 Å². The van der Waals surface area contributed by atoms with Crippen molar-refractivity contribution in [2.45, 2.75) is 38.0 Å². The molecule has 5 heteroatoms. The summed E-state index contributed by atoms with van der Waals surface area (Å²) in [7, 11) is 1.74. The molecule has 2 fully saturated rings. The minimum absolute atomic E-state index is 0.302. The Kier molecular flexibility index (Phi) is 3.40. The number of alkyl halides is 3. The van der Waals surface area contributed by atoms with Gasteiger partial charge in [-0.1, -0.05) is 6.07 Å². The maximum Gasteiger partial charge on any atom is 0.418 e. The van der Waals surface area contributed by atoms with E-state index in [9.17, 15) is 13.2 Å². The van der Waals surface area contributed by atoms with Gasteiger partial charge in [-0.3, -0.25) is 0 Å². The molecular weight excluding hydrogens is 265 g/mol. The van der Waals surface area contributed by atoms with Crippen molar-refractivity contribution >= 4 is 5.69 Å². The molecule has 1 aromatic carbocycles. The second kappa shape index (κ2) is 4.95. The lowest BCUT2D eigenvalue weighted by Gasteiger charge is -2.31. The lowest BCUT2D eigenvalue weighted by molar-refractivity contribution is -0.137. The van der Waals surface area contributed by atoms with Crippen molar-refractivity contribution in [1.82, 2.24) is 5.32 Å². The number of fused-ring (bicyclic) bond motifs is 2. The summed E-state index contributed by atoms with van der Waals surface area (Å²) in [4.78, 5) is 1.97. The van der Waals surface area contributed by atoms with Crippen molar-refractivity contribution in [2.75, 3.05) is 18.5 Å². The van der Waals surface area contributed by atoms with Crippen LogP contribution in [0.3, 0.4) is 0 Å². The summed E-state index contributed by atoms with van der Waals surface area (Å²) in [6, 6.07) is 5.04. The van der Waals surface area contributed by atoms with Crippen molar-refractivity contribution in [3.8, 4) is 0 Å². The van der Waals surface area contributed by atoms with E-state index in [4.69, 9.17) is 0 Å². The topological polar surface area (TPSA) is 15.3 Å². The van der Waals surface area contributed by atoms with E-state index in [0.717, 1.165) is 19.4 Å². The van der Waals surface area contributed by atoms with Gasteiger partial charge in [0.15, 0.2) is 0 Å². The summed E-state index contributed by atoms with van der Waals surface area (Å²) in [5.74, 6) is 0.582.